The highest BCUT2D eigenvalue weighted by Crippen LogP contribution is 2.13. The van der Waals surface area contributed by atoms with Gasteiger partial charge in [-0.25, -0.2) is 20.0 Å². The van der Waals surface area contributed by atoms with Crippen LogP contribution in [0.2, 0.25) is 0 Å². The molecule has 1 aromatic carbocycles. The summed E-state index contributed by atoms with van der Waals surface area (Å²) in [6.07, 6.45) is -0.937. The number of hydrogen-bond acceptors (Lipinski definition) is 7. The van der Waals surface area contributed by atoms with E-state index in [1.165, 1.54) is 5.01 Å². The van der Waals surface area contributed by atoms with Gasteiger partial charge in [-0.15, -0.1) is 0 Å². The maximum absolute atomic E-state index is 12.7. The standard InChI is InChI=1S/C20H29N3O6/c1-5-27-17(24)16(22-23-11-12-28-19(23)26)15(13-14-9-7-6-8-10-14)21-18(25)29-20(2,3)4/h6-10,15-16,22H,5,11-13H2,1-4H3,(H,21,25). The Labute approximate surface area is 170 Å². The number of ether oxygens (including phenoxy) is 3. The van der Waals surface area contributed by atoms with Gasteiger partial charge in [0.1, 0.15) is 18.2 Å². The highest BCUT2D eigenvalue weighted by Gasteiger charge is 2.36. The van der Waals surface area contributed by atoms with E-state index in [1.807, 2.05) is 30.3 Å². The lowest BCUT2D eigenvalue weighted by Gasteiger charge is -2.31. The quantitative estimate of drug-likeness (QED) is 0.501. The fourth-order valence-electron chi connectivity index (χ4n) is 2.80. The van der Waals surface area contributed by atoms with Crippen LogP contribution in [0.3, 0.4) is 0 Å². The third-order valence-corrected chi connectivity index (χ3v) is 4.00. The molecule has 2 amide bonds. The molecule has 0 aliphatic carbocycles. The second kappa shape index (κ2) is 10.1. The summed E-state index contributed by atoms with van der Waals surface area (Å²) in [6, 6.07) is 7.62. The van der Waals surface area contributed by atoms with E-state index in [0.717, 1.165) is 5.56 Å². The lowest BCUT2D eigenvalue weighted by molar-refractivity contribution is -0.147. The highest BCUT2D eigenvalue weighted by molar-refractivity contribution is 5.79. The average molecular weight is 407 g/mol. The van der Waals surface area contributed by atoms with Crippen LogP contribution in [0.4, 0.5) is 9.59 Å². The number of cyclic esters (lactones) is 1. The molecule has 1 heterocycles. The zero-order valence-corrected chi connectivity index (χ0v) is 17.3. The van der Waals surface area contributed by atoms with Crippen LogP contribution >= 0.6 is 0 Å². The molecule has 9 heteroatoms. The average Bonchev–Trinajstić information content (AvgIpc) is 3.03. The van der Waals surface area contributed by atoms with Crippen molar-refractivity contribution in [1.82, 2.24) is 15.8 Å². The molecule has 160 valence electrons. The van der Waals surface area contributed by atoms with E-state index in [9.17, 15) is 14.4 Å². The number of carbonyl (C=O) groups excluding carboxylic acids is 3. The summed E-state index contributed by atoms with van der Waals surface area (Å²) in [6.45, 7) is 7.59. The molecule has 1 saturated heterocycles. The van der Waals surface area contributed by atoms with Gasteiger partial charge in [0.05, 0.1) is 19.2 Å². The molecule has 0 saturated carbocycles. The van der Waals surface area contributed by atoms with Gasteiger partial charge in [0, 0.05) is 0 Å². The topological polar surface area (TPSA) is 106 Å². The minimum Gasteiger partial charge on any atom is -0.465 e. The van der Waals surface area contributed by atoms with Crippen molar-refractivity contribution in [2.45, 2.75) is 51.8 Å². The van der Waals surface area contributed by atoms with Crippen LogP contribution in [0.15, 0.2) is 30.3 Å². The molecule has 2 atom stereocenters. The summed E-state index contributed by atoms with van der Waals surface area (Å²) < 4.78 is 15.4. The first-order valence-electron chi connectivity index (χ1n) is 9.60. The summed E-state index contributed by atoms with van der Waals surface area (Å²) in [7, 11) is 0. The molecule has 29 heavy (non-hydrogen) atoms. The summed E-state index contributed by atoms with van der Waals surface area (Å²) >= 11 is 0. The van der Waals surface area contributed by atoms with Crippen molar-refractivity contribution in [1.29, 1.82) is 0 Å². The molecule has 0 bridgehead atoms. The lowest BCUT2D eigenvalue weighted by Crippen LogP contribution is -2.60. The molecule has 0 aromatic heterocycles. The van der Waals surface area contributed by atoms with Crippen molar-refractivity contribution < 1.29 is 28.6 Å². The van der Waals surface area contributed by atoms with Crippen LogP contribution in [0.25, 0.3) is 0 Å². The van der Waals surface area contributed by atoms with Crippen LogP contribution in [-0.4, -0.2) is 60.6 Å². The summed E-state index contributed by atoms with van der Waals surface area (Å²) in [4.78, 5) is 37.0. The minimum atomic E-state index is -1.02. The molecular formula is C20H29N3O6. The fourth-order valence-corrected chi connectivity index (χ4v) is 2.80. The molecule has 1 aromatic rings. The number of nitrogens with zero attached hydrogens (tertiary/aromatic N) is 1. The molecule has 2 unspecified atom stereocenters. The molecule has 0 spiro atoms. The number of rotatable bonds is 8. The van der Waals surface area contributed by atoms with E-state index >= 15 is 0 Å². The summed E-state index contributed by atoms with van der Waals surface area (Å²) in [5.74, 6) is -0.593. The van der Waals surface area contributed by atoms with Gasteiger partial charge in [0.2, 0.25) is 0 Å². The first-order chi connectivity index (χ1) is 13.7. The van der Waals surface area contributed by atoms with E-state index in [4.69, 9.17) is 14.2 Å². The number of benzene rings is 1. The van der Waals surface area contributed by atoms with Crippen molar-refractivity contribution in [3.63, 3.8) is 0 Å². The van der Waals surface area contributed by atoms with Gasteiger partial charge in [-0.3, -0.25) is 4.79 Å². The van der Waals surface area contributed by atoms with Crippen molar-refractivity contribution in [3.8, 4) is 0 Å². The Morgan fingerprint density at radius 1 is 1.24 bits per heavy atom. The smallest absolute Gasteiger partial charge is 0.424 e. The molecule has 1 fully saturated rings. The molecule has 2 rings (SSSR count). The number of carbonyl (C=O) groups is 3. The predicted molar refractivity (Wildman–Crippen MR) is 105 cm³/mol. The maximum atomic E-state index is 12.7. The van der Waals surface area contributed by atoms with Crippen LogP contribution in [-0.2, 0) is 25.4 Å². The van der Waals surface area contributed by atoms with Crippen LogP contribution in [0.5, 0.6) is 0 Å². The van der Waals surface area contributed by atoms with E-state index < -0.39 is 35.8 Å². The molecule has 9 nitrogen and oxygen atoms in total. The van der Waals surface area contributed by atoms with E-state index in [1.54, 1.807) is 27.7 Å². The van der Waals surface area contributed by atoms with Gasteiger partial charge in [-0.1, -0.05) is 30.3 Å². The Morgan fingerprint density at radius 3 is 2.48 bits per heavy atom. The van der Waals surface area contributed by atoms with Gasteiger partial charge in [0.25, 0.3) is 0 Å². The van der Waals surface area contributed by atoms with E-state index in [-0.39, 0.29) is 19.8 Å². The third-order valence-electron chi connectivity index (χ3n) is 4.00. The van der Waals surface area contributed by atoms with Crippen LogP contribution < -0.4 is 10.7 Å². The largest absolute Gasteiger partial charge is 0.465 e. The number of hydrazine groups is 1. The van der Waals surface area contributed by atoms with Crippen molar-refractivity contribution >= 4 is 18.2 Å². The van der Waals surface area contributed by atoms with Gasteiger partial charge in [-0.2, -0.15) is 0 Å². The number of alkyl carbamates (subject to hydrolysis) is 1. The third kappa shape index (κ3) is 7.26. The number of nitrogens with one attached hydrogen (secondary N) is 2. The summed E-state index contributed by atoms with van der Waals surface area (Å²) in [5.41, 5.74) is 3.05. The molecule has 1 aliphatic rings. The molecule has 1 aliphatic heterocycles. The van der Waals surface area contributed by atoms with Crippen LogP contribution in [0.1, 0.15) is 33.3 Å². The van der Waals surface area contributed by atoms with Gasteiger partial charge in [0.15, 0.2) is 0 Å². The Morgan fingerprint density at radius 2 is 1.93 bits per heavy atom. The van der Waals surface area contributed by atoms with Crippen molar-refractivity contribution in [3.05, 3.63) is 35.9 Å². The van der Waals surface area contributed by atoms with Crippen LogP contribution in [0, 0.1) is 0 Å². The second-order valence-electron chi connectivity index (χ2n) is 7.57. The zero-order chi connectivity index (χ0) is 21.4. The number of amides is 2. The van der Waals surface area contributed by atoms with Crippen molar-refractivity contribution in [2.75, 3.05) is 19.8 Å². The second-order valence-corrected chi connectivity index (χ2v) is 7.57. The van der Waals surface area contributed by atoms with Gasteiger partial charge in [-0.05, 0) is 39.7 Å². The van der Waals surface area contributed by atoms with Crippen molar-refractivity contribution in [2.24, 2.45) is 0 Å². The van der Waals surface area contributed by atoms with E-state index in [2.05, 4.69) is 10.7 Å². The Bertz CT molecular complexity index is 704. The predicted octanol–water partition coefficient (Wildman–Crippen LogP) is 2.01. The first-order valence-corrected chi connectivity index (χ1v) is 9.60. The number of esters is 1. The number of hydrogen-bond donors (Lipinski definition) is 2. The molecule has 2 N–H and O–H groups in total. The Kier molecular flexibility index (Phi) is 7.83. The SMILES string of the molecule is CCOC(=O)C(NN1CCOC1=O)C(Cc1ccccc1)NC(=O)OC(C)(C)C. The maximum Gasteiger partial charge on any atom is 0.424 e. The Balaban J connectivity index is 2.26. The highest BCUT2D eigenvalue weighted by atomic mass is 16.6. The van der Waals surface area contributed by atoms with Gasteiger partial charge < -0.3 is 19.5 Å². The monoisotopic (exact) mass is 407 g/mol. The van der Waals surface area contributed by atoms with Gasteiger partial charge >= 0.3 is 18.2 Å². The normalized spacial score (nSPS) is 16.0. The molecule has 0 radical (unpaired) electrons. The summed E-state index contributed by atoms with van der Waals surface area (Å²) in [5, 5.41) is 3.95. The lowest BCUT2D eigenvalue weighted by atomic mass is 9.99. The van der Waals surface area contributed by atoms with E-state index in [0.29, 0.717) is 6.42 Å². The fraction of sp³-hybridized carbons (Fsp3) is 0.550. The molecular weight excluding hydrogens is 378 g/mol. The Hall–Kier alpha value is -2.81. The first kappa shape index (κ1) is 22.5. The zero-order valence-electron chi connectivity index (χ0n) is 17.3. The minimum absolute atomic E-state index is 0.159.